The van der Waals surface area contributed by atoms with E-state index in [1.807, 2.05) is 29.2 Å². The summed E-state index contributed by atoms with van der Waals surface area (Å²) >= 11 is 0. The quantitative estimate of drug-likeness (QED) is 0.111. The van der Waals surface area contributed by atoms with Crippen molar-refractivity contribution in [2.75, 3.05) is 53.5 Å². The molecule has 0 fully saturated rings. The maximum absolute atomic E-state index is 14.3. The van der Waals surface area contributed by atoms with Gasteiger partial charge in [0.15, 0.2) is 0 Å². The van der Waals surface area contributed by atoms with Crippen LogP contribution in [0.1, 0.15) is 96.6 Å². The predicted octanol–water partition coefficient (Wildman–Crippen LogP) is 6.65. The van der Waals surface area contributed by atoms with Crippen molar-refractivity contribution in [3.63, 3.8) is 0 Å². The number of hydrogen-bond donors (Lipinski definition) is 2. The third kappa shape index (κ3) is 15.6. The highest BCUT2D eigenvalue weighted by atomic mass is 16.5. The van der Waals surface area contributed by atoms with E-state index in [1.54, 1.807) is 19.0 Å². The number of unbranched alkanes of at least 4 members (excludes halogenated alkanes) is 5. The van der Waals surface area contributed by atoms with Gasteiger partial charge in [0.1, 0.15) is 23.6 Å². The highest BCUT2D eigenvalue weighted by molar-refractivity contribution is 5.92. The van der Waals surface area contributed by atoms with Crippen LogP contribution in [0.15, 0.2) is 48.5 Å². The van der Waals surface area contributed by atoms with E-state index >= 15 is 0 Å². The van der Waals surface area contributed by atoms with E-state index < -0.39 is 12.1 Å². The van der Waals surface area contributed by atoms with Crippen LogP contribution in [-0.4, -0.2) is 87.2 Å². The summed E-state index contributed by atoms with van der Waals surface area (Å²) in [6.07, 6.45) is 10.8. The summed E-state index contributed by atoms with van der Waals surface area (Å²) in [6, 6.07) is 14.9. The molecule has 0 aliphatic carbocycles. The number of hydrogen-bond acceptors (Lipinski definition) is 6. The van der Waals surface area contributed by atoms with Crippen LogP contribution in [-0.2, 0) is 22.4 Å². The molecule has 2 aromatic rings. The van der Waals surface area contributed by atoms with Crippen LogP contribution in [0.4, 0.5) is 0 Å². The zero-order valence-corrected chi connectivity index (χ0v) is 30.3. The summed E-state index contributed by atoms with van der Waals surface area (Å²) in [5, 5.41) is 7.04. The molecular formula is C39H64N4O4. The van der Waals surface area contributed by atoms with Crippen LogP contribution < -0.4 is 20.1 Å². The fourth-order valence-electron chi connectivity index (χ4n) is 5.40. The number of amides is 2. The monoisotopic (exact) mass is 652 g/mol. The molecule has 0 aromatic heterocycles. The lowest BCUT2D eigenvalue weighted by molar-refractivity contribution is -0.140. The molecule has 0 spiro atoms. The van der Waals surface area contributed by atoms with Gasteiger partial charge in [-0.15, -0.1) is 0 Å². The molecule has 0 bridgehead atoms. The van der Waals surface area contributed by atoms with Gasteiger partial charge in [-0.2, -0.15) is 0 Å². The van der Waals surface area contributed by atoms with Gasteiger partial charge < -0.3 is 29.9 Å². The summed E-state index contributed by atoms with van der Waals surface area (Å²) in [5.74, 6) is 1.61. The number of carbonyl (C=O) groups excluding carboxylic acids is 2. The summed E-state index contributed by atoms with van der Waals surface area (Å²) < 4.78 is 11.9. The van der Waals surface area contributed by atoms with Gasteiger partial charge in [0, 0.05) is 27.2 Å². The fraction of sp³-hybridized carbons (Fsp3) is 0.641. The number of nitrogens with one attached hydrogen (secondary N) is 2. The first-order valence-corrected chi connectivity index (χ1v) is 18.2. The van der Waals surface area contributed by atoms with Gasteiger partial charge in [-0.1, -0.05) is 84.1 Å². The SMILES string of the molecule is CCCCCOc1cccc(CCNC(C(=O)N(C)C)C(NCCc2cccc(OCCCC)c2)C(=O)N(CCCC)CCCC)c1. The molecule has 2 N–H and O–H groups in total. The van der Waals surface area contributed by atoms with Gasteiger partial charge in [0.25, 0.3) is 0 Å². The fourth-order valence-corrected chi connectivity index (χ4v) is 5.40. The number of benzene rings is 2. The molecule has 8 heteroatoms. The summed E-state index contributed by atoms with van der Waals surface area (Å²) in [4.78, 5) is 31.6. The minimum absolute atomic E-state index is 0.0151. The zero-order valence-electron chi connectivity index (χ0n) is 30.3. The van der Waals surface area contributed by atoms with Crippen molar-refractivity contribution in [2.45, 2.75) is 110 Å². The summed E-state index contributed by atoms with van der Waals surface area (Å²) in [5.41, 5.74) is 2.26. The van der Waals surface area contributed by atoms with Gasteiger partial charge in [-0.05, 0) is 87.0 Å². The molecule has 0 radical (unpaired) electrons. The molecule has 0 aliphatic heterocycles. The molecule has 2 atom stereocenters. The third-order valence-electron chi connectivity index (χ3n) is 8.32. The van der Waals surface area contributed by atoms with Crippen LogP contribution in [0, 0.1) is 0 Å². The second-order valence-corrected chi connectivity index (χ2v) is 12.7. The van der Waals surface area contributed by atoms with E-state index in [0.29, 0.717) is 52.2 Å². The van der Waals surface area contributed by atoms with E-state index in [9.17, 15) is 9.59 Å². The molecule has 264 valence electrons. The average Bonchev–Trinajstić information content (AvgIpc) is 3.07. The second-order valence-electron chi connectivity index (χ2n) is 12.7. The van der Waals surface area contributed by atoms with Crippen LogP contribution in [0.2, 0.25) is 0 Å². The van der Waals surface area contributed by atoms with E-state index in [2.05, 4.69) is 62.6 Å². The molecular weight excluding hydrogens is 588 g/mol. The number of carbonyl (C=O) groups is 2. The Bertz CT molecular complexity index is 1130. The van der Waals surface area contributed by atoms with Gasteiger partial charge in [-0.25, -0.2) is 0 Å². The maximum atomic E-state index is 14.3. The maximum Gasteiger partial charge on any atom is 0.241 e. The van der Waals surface area contributed by atoms with E-state index in [0.717, 1.165) is 80.4 Å². The largest absolute Gasteiger partial charge is 0.494 e. The molecule has 0 aliphatic rings. The number of likely N-dealkylation sites (N-methyl/N-ethyl adjacent to an activating group) is 1. The lowest BCUT2D eigenvalue weighted by Crippen LogP contribution is -2.62. The minimum atomic E-state index is -0.708. The summed E-state index contributed by atoms with van der Waals surface area (Å²) in [7, 11) is 3.52. The molecule has 0 saturated heterocycles. The topological polar surface area (TPSA) is 83.1 Å². The number of ether oxygens (including phenoxy) is 2. The molecule has 8 nitrogen and oxygen atoms in total. The Morgan fingerprint density at radius 1 is 0.638 bits per heavy atom. The van der Waals surface area contributed by atoms with Crippen molar-refractivity contribution in [3.8, 4) is 11.5 Å². The Balaban J connectivity index is 2.23. The van der Waals surface area contributed by atoms with Crippen molar-refractivity contribution < 1.29 is 19.1 Å². The van der Waals surface area contributed by atoms with Gasteiger partial charge in [0.2, 0.25) is 11.8 Å². The van der Waals surface area contributed by atoms with Crippen LogP contribution in [0.25, 0.3) is 0 Å². The van der Waals surface area contributed by atoms with E-state index in [4.69, 9.17) is 9.47 Å². The Morgan fingerprint density at radius 2 is 1.11 bits per heavy atom. The van der Waals surface area contributed by atoms with E-state index in [1.165, 1.54) is 0 Å². The third-order valence-corrected chi connectivity index (χ3v) is 8.32. The second kappa shape index (κ2) is 24.1. The number of nitrogens with zero attached hydrogens (tertiary/aromatic N) is 2. The molecule has 2 aromatic carbocycles. The lowest BCUT2D eigenvalue weighted by Gasteiger charge is -2.34. The van der Waals surface area contributed by atoms with E-state index in [-0.39, 0.29) is 11.8 Å². The van der Waals surface area contributed by atoms with Crippen molar-refractivity contribution in [1.82, 2.24) is 20.4 Å². The molecule has 47 heavy (non-hydrogen) atoms. The Kier molecular flexibility index (Phi) is 20.6. The summed E-state index contributed by atoms with van der Waals surface area (Å²) in [6.45, 7) is 12.5. The normalized spacial score (nSPS) is 12.4. The van der Waals surface area contributed by atoms with Crippen molar-refractivity contribution in [3.05, 3.63) is 59.7 Å². The van der Waals surface area contributed by atoms with Crippen molar-refractivity contribution >= 4 is 11.8 Å². The molecule has 2 rings (SSSR count). The smallest absolute Gasteiger partial charge is 0.241 e. The molecule has 0 heterocycles. The standard InChI is InChI=1S/C39H64N4O4/c1-7-11-15-29-47-35-21-17-19-32(31-35)22-24-40-36(38(44)42(5)6)37(39(45)43(26-12-8-2)27-13-9-3)41-25-23-33-18-16-20-34(30-33)46-28-14-10-4/h16-21,30-31,36-37,40-41H,7-15,22-29H2,1-6H3. The average molecular weight is 653 g/mol. The first kappa shape index (κ1) is 40.1. The first-order chi connectivity index (χ1) is 22.8. The van der Waals surface area contributed by atoms with Gasteiger partial charge in [-0.3, -0.25) is 9.59 Å². The van der Waals surface area contributed by atoms with Crippen LogP contribution >= 0.6 is 0 Å². The van der Waals surface area contributed by atoms with Crippen LogP contribution in [0.5, 0.6) is 11.5 Å². The number of rotatable bonds is 26. The highest BCUT2D eigenvalue weighted by Crippen LogP contribution is 2.16. The Hall–Kier alpha value is -3.10. The van der Waals surface area contributed by atoms with Crippen molar-refractivity contribution in [1.29, 1.82) is 0 Å². The zero-order chi connectivity index (χ0) is 34.3. The van der Waals surface area contributed by atoms with Crippen molar-refractivity contribution in [2.24, 2.45) is 0 Å². The predicted molar refractivity (Wildman–Crippen MR) is 194 cm³/mol. The first-order valence-electron chi connectivity index (χ1n) is 18.2. The molecule has 0 saturated carbocycles. The van der Waals surface area contributed by atoms with Gasteiger partial charge in [0.05, 0.1) is 13.2 Å². The lowest BCUT2D eigenvalue weighted by atomic mass is 10.0. The minimum Gasteiger partial charge on any atom is -0.494 e. The molecule has 2 unspecified atom stereocenters. The van der Waals surface area contributed by atoms with Crippen LogP contribution in [0.3, 0.4) is 0 Å². The molecule has 2 amide bonds. The van der Waals surface area contributed by atoms with Gasteiger partial charge >= 0.3 is 0 Å². The highest BCUT2D eigenvalue weighted by Gasteiger charge is 2.36. The Morgan fingerprint density at radius 3 is 1.57 bits per heavy atom. The Labute approximate surface area is 286 Å².